The van der Waals surface area contributed by atoms with Gasteiger partial charge in [-0.25, -0.2) is 0 Å². The van der Waals surface area contributed by atoms with E-state index in [9.17, 15) is 0 Å². The summed E-state index contributed by atoms with van der Waals surface area (Å²) < 4.78 is 0. The van der Waals surface area contributed by atoms with E-state index in [0.717, 1.165) is 26.2 Å². The fraction of sp³-hybridized carbons (Fsp3) is 0.900. The van der Waals surface area contributed by atoms with Crippen LogP contribution in [-0.2, 0) is 0 Å². The van der Waals surface area contributed by atoms with Crippen LogP contribution in [0.3, 0.4) is 0 Å². The number of hydrogen-bond donors (Lipinski definition) is 1. The van der Waals surface area contributed by atoms with Crippen molar-refractivity contribution in [2.24, 2.45) is 5.92 Å². The Labute approximate surface area is 80.7 Å². The fourth-order valence-electron chi connectivity index (χ4n) is 1.63. The van der Waals surface area contributed by atoms with Crippen molar-refractivity contribution in [1.82, 2.24) is 10.2 Å². The highest BCUT2D eigenvalue weighted by Gasteiger charge is 2.24. The molecule has 0 amide bonds. The smallest absolute Gasteiger partial charge is 0.0666 e. The van der Waals surface area contributed by atoms with Gasteiger partial charge in [0.1, 0.15) is 0 Å². The summed E-state index contributed by atoms with van der Waals surface area (Å²) in [5, 5.41) is 12.0. The zero-order valence-electron chi connectivity index (χ0n) is 8.58. The summed E-state index contributed by atoms with van der Waals surface area (Å²) in [6.45, 7) is 8.43. The van der Waals surface area contributed by atoms with Crippen LogP contribution in [0.25, 0.3) is 0 Å². The van der Waals surface area contributed by atoms with Gasteiger partial charge in [-0.15, -0.1) is 0 Å². The van der Waals surface area contributed by atoms with Crippen LogP contribution in [0.1, 0.15) is 20.3 Å². The number of hydrogen-bond acceptors (Lipinski definition) is 3. The van der Waals surface area contributed by atoms with Crippen molar-refractivity contribution < 1.29 is 0 Å². The van der Waals surface area contributed by atoms with Gasteiger partial charge in [0, 0.05) is 25.7 Å². The second-order valence-corrected chi connectivity index (χ2v) is 3.84. The molecule has 1 aliphatic heterocycles. The lowest BCUT2D eigenvalue weighted by Crippen LogP contribution is -2.58. The van der Waals surface area contributed by atoms with E-state index in [1.165, 1.54) is 6.42 Å². The van der Waals surface area contributed by atoms with Gasteiger partial charge in [-0.3, -0.25) is 4.90 Å². The summed E-state index contributed by atoms with van der Waals surface area (Å²) in [4.78, 5) is 2.43. The highest BCUT2D eigenvalue weighted by atomic mass is 15.2. The highest BCUT2D eigenvalue weighted by molar-refractivity contribution is 4.89. The number of nitriles is 1. The molecule has 1 rings (SSSR count). The SMILES string of the molecule is CCCN(CC(C)C#N)C1CNC1. The Balaban J connectivity index is 2.33. The second-order valence-electron chi connectivity index (χ2n) is 3.84. The van der Waals surface area contributed by atoms with Gasteiger partial charge in [0.05, 0.1) is 12.0 Å². The molecule has 0 aromatic carbocycles. The largest absolute Gasteiger partial charge is 0.314 e. The van der Waals surface area contributed by atoms with E-state index in [0.29, 0.717) is 6.04 Å². The first-order valence-corrected chi connectivity index (χ1v) is 5.12. The molecule has 13 heavy (non-hydrogen) atoms. The predicted octanol–water partition coefficient (Wildman–Crippen LogP) is 0.830. The zero-order chi connectivity index (χ0) is 9.68. The maximum Gasteiger partial charge on any atom is 0.0666 e. The van der Waals surface area contributed by atoms with E-state index in [-0.39, 0.29) is 5.92 Å². The Hall–Kier alpha value is -0.590. The van der Waals surface area contributed by atoms with Gasteiger partial charge in [0.15, 0.2) is 0 Å². The third-order valence-corrected chi connectivity index (χ3v) is 2.52. The van der Waals surface area contributed by atoms with Crippen molar-refractivity contribution in [1.29, 1.82) is 5.26 Å². The van der Waals surface area contributed by atoms with Gasteiger partial charge in [-0.05, 0) is 19.9 Å². The van der Waals surface area contributed by atoms with Crippen LogP contribution in [0, 0.1) is 17.2 Å². The minimum Gasteiger partial charge on any atom is -0.314 e. The van der Waals surface area contributed by atoms with E-state index in [1.807, 2.05) is 6.92 Å². The van der Waals surface area contributed by atoms with E-state index in [4.69, 9.17) is 5.26 Å². The summed E-state index contributed by atoms with van der Waals surface area (Å²) in [7, 11) is 0. The molecule has 0 radical (unpaired) electrons. The molecule has 0 aliphatic carbocycles. The summed E-state index contributed by atoms with van der Waals surface area (Å²) in [6, 6.07) is 2.97. The second kappa shape index (κ2) is 5.21. The molecule has 1 unspecified atom stereocenters. The lowest BCUT2D eigenvalue weighted by atomic mass is 10.1. The van der Waals surface area contributed by atoms with E-state index >= 15 is 0 Å². The Morgan fingerprint density at radius 1 is 1.62 bits per heavy atom. The molecular formula is C10H19N3. The maximum atomic E-state index is 8.73. The molecule has 0 bridgehead atoms. The van der Waals surface area contributed by atoms with Gasteiger partial charge >= 0.3 is 0 Å². The van der Waals surface area contributed by atoms with Crippen molar-refractivity contribution in [3.8, 4) is 6.07 Å². The Kier molecular flexibility index (Phi) is 4.20. The van der Waals surface area contributed by atoms with E-state index in [2.05, 4.69) is 23.2 Å². The van der Waals surface area contributed by atoms with Gasteiger partial charge in [-0.1, -0.05) is 6.92 Å². The summed E-state index contributed by atoms with van der Waals surface area (Å²) >= 11 is 0. The normalized spacial score (nSPS) is 19.5. The van der Waals surface area contributed by atoms with Crippen molar-refractivity contribution in [2.75, 3.05) is 26.2 Å². The Morgan fingerprint density at radius 3 is 2.69 bits per heavy atom. The molecule has 1 fully saturated rings. The molecule has 0 saturated carbocycles. The van der Waals surface area contributed by atoms with Crippen molar-refractivity contribution >= 4 is 0 Å². The topological polar surface area (TPSA) is 39.1 Å². The first kappa shape index (κ1) is 10.5. The van der Waals surface area contributed by atoms with Crippen LogP contribution >= 0.6 is 0 Å². The van der Waals surface area contributed by atoms with Crippen LogP contribution in [-0.4, -0.2) is 37.1 Å². The average Bonchev–Trinajstić information content (AvgIpc) is 2.01. The fourth-order valence-corrected chi connectivity index (χ4v) is 1.63. The molecule has 3 heteroatoms. The highest BCUT2D eigenvalue weighted by Crippen LogP contribution is 2.08. The molecule has 1 atom stereocenters. The van der Waals surface area contributed by atoms with Gasteiger partial charge in [-0.2, -0.15) is 5.26 Å². The molecule has 3 nitrogen and oxygen atoms in total. The third-order valence-electron chi connectivity index (χ3n) is 2.52. The van der Waals surface area contributed by atoms with Crippen LogP contribution in [0.4, 0.5) is 0 Å². The summed E-state index contributed by atoms with van der Waals surface area (Å²) in [5.41, 5.74) is 0. The molecule has 74 valence electrons. The predicted molar refractivity (Wildman–Crippen MR) is 53.3 cm³/mol. The third kappa shape index (κ3) is 2.98. The minimum atomic E-state index is 0.159. The number of nitrogens with zero attached hydrogens (tertiary/aromatic N) is 2. The lowest BCUT2D eigenvalue weighted by molar-refractivity contribution is 0.136. The quantitative estimate of drug-likeness (QED) is 0.683. The van der Waals surface area contributed by atoms with Crippen molar-refractivity contribution in [2.45, 2.75) is 26.3 Å². The number of nitrogens with one attached hydrogen (secondary N) is 1. The zero-order valence-corrected chi connectivity index (χ0v) is 8.58. The van der Waals surface area contributed by atoms with Gasteiger partial charge in [0.2, 0.25) is 0 Å². The lowest BCUT2D eigenvalue weighted by Gasteiger charge is -2.38. The minimum absolute atomic E-state index is 0.159. The van der Waals surface area contributed by atoms with Crippen LogP contribution in [0.5, 0.6) is 0 Å². The first-order chi connectivity index (χ1) is 6.27. The standard InChI is InChI=1S/C10H19N3/c1-3-4-13(8-9(2)5-11)10-6-12-7-10/h9-10,12H,3-4,6-8H2,1-2H3. The summed E-state index contributed by atoms with van der Waals surface area (Å²) in [5.74, 6) is 0.159. The van der Waals surface area contributed by atoms with Crippen molar-refractivity contribution in [3.05, 3.63) is 0 Å². The number of rotatable bonds is 5. The Bertz CT molecular complexity index is 181. The molecule has 0 aromatic rings. The monoisotopic (exact) mass is 181 g/mol. The molecule has 1 heterocycles. The van der Waals surface area contributed by atoms with E-state index < -0.39 is 0 Å². The van der Waals surface area contributed by atoms with E-state index in [1.54, 1.807) is 0 Å². The Morgan fingerprint density at radius 2 is 2.31 bits per heavy atom. The van der Waals surface area contributed by atoms with Crippen LogP contribution in [0.2, 0.25) is 0 Å². The molecular weight excluding hydrogens is 162 g/mol. The molecule has 0 spiro atoms. The van der Waals surface area contributed by atoms with Gasteiger partial charge in [0.25, 0.3) is 0 Å². The first-order valence-electron chi connectivity index (χ1n) is 5.12. The van der Waals surface area contributed by atoms with Crippen LogP contribution < -0.4 is 5.32 Å². The average molecular weight is 181 g/mol. The molecule has 0 aromatic heterocycles. The molecule has 1 N–H and O–H groups in total. The molecule has 1 aliphatic rings. The van der Waals surface area contributed by atoms with Crippen LogP contribution in [0.15, 0.2) is 0 Å². The van der Waals surface area contributed by atoms with Gasteiger partial charge < -0.3 is 5.32 Å². The molecule has 1 saturated heterocycles. The summed E-state index contributed by atoms with van der Waals surface area (Å²) in [6.07, 6.45) is 1.18. The van der Waals surface area contributed by atoms with Crippen molar-refractivity contribution in [3.63, 3.8) is 0 Å². The maximum absolute atomic E-state index is 8.73.